The van der Waals surface area contributed by atoms with Gasteiger partial charge in [0.15, 0.2) is 14.4 Å². The summed E-state index contributed by atoms with van der Waals surface area (Å²) in [6.45, 7) is 5.33. The summed E-state index contributed by atoms with van der Waals surface area (Å²) in [5.41, 5.74) is 0.221. The van der Waals surface area contributed by atoms with Crippen LogP contribution in [0.5, 0.6) is 0 Å². The molecule has 0 bridgehead atoms. The molecule has 5 heteroatoms. The van der Waals surface area contributed by atoms with E-state index in [0.717, 1.165) is 10.8 Å². The topological polar surface area (TPSA) is 9.23 Å². The zero-order valence-corrected chi connectivity index (χ0v) is 14.8. The summed E-state index contributed by atoms with van der Waals surface area (Å²) in [6, 6.07) is 16.3. The van der Waals surface area contributed by atoms with Crippen molar-refractivity contribution < 1.29 is 17.6 Å². The van der Waals surface area contributed by atoms with Gasteiger partial charge in [-0.2, -0.15) is 13.2 Å². The molecule has 0 radical (unpaired) electrons. The predicted molar refractivity (Wildman–Crippen MR) is 94.7 cm³/mol. The van der Waals surface area contributed by atoms with Gasteiger partial charge in [0.2, 0.25) is 0 Å². The molecule has 3 aromatic rings. The van der Waals surface area contributed by atoms with Crippen molar-refractivity contribution in [3.05, 3.63) is 60.2 Å². The summed E-state index contributed by atoms with van der Waals surface area (Å²) < 4.78 is 47.3. The fraction of sp³-hybridized carbons (Fsp3) is 0.263. The van der Waals surface area contributed by atoms with Crippen LogP contribution in [0.3, 0.4) is 0 Å². The van der Waals surface area contributed by atoms with E-state index in [1.807, 2.05) is 30.3 Å². The zero-order chi connectivity index (χ0) is 17.5. The van der Waals surface area contributed by atoms with Crippen LogP contribution < -0.4 is 0 Å². The van der Waals surface area contributed by atoms with Crippen molar-refractivity contribution in [1.29, 1.82) is 0 Å². The zero-order valence-electron chi connectivity index (χ0n) is 13.8. The van der Waals surface area contributed by atoms with Crippen LogP contribution in [0.2, 0.25) is 19.6 Å². The molecule has 0 aliphatic heterocycles. The molecule has 0 saturated heterocycles. The Morgan fingerprint density at radius 3 is 1.71 bits per heavy atom. The molecule has 0 saturated carbocycles. The summed E-state index contributed by atoms with van der Waals surface area (Å²) in [4.78, 5) is 0. The molecule has 0 aliphatic rings. The molecule has 3 rings (SSSR count). The van der Waals surface area contributed by atoms with Crippen LogP contribution in [-0.4, -0.2) is 14.5 Å². The maximum atomic E-state index is 13.9. The summed E-state index contributed by atoms with van der Waals surface area (Å²) in [6.07, 6.45) is -6.38. The van der Waals surface area contributed by atoms with E-state index in [-0.39, 0.29) is 5.56 Å². The minimum absolute atomic E-state index is 0.221. The van der Waals surface area contributed by atoms with E-state index in [2.05, 4.69) is 0 Å². The average Bonchev–Trinajstić information content (AvgIpc) is 2.48. The number of hydrogen-bond acceptors (Lipinski definition) is 1. The maximum absolute atomic E-state index is 13.9. The smallest absolute Gasteiger partial charge is 0.403 e. The number of hydrogen-bond donors (Lipinski definition) is 0. The highest BCUT2D eigenvalue weighted by Crippen LogP contribution is 2.44. The molecule has 0 spiro atoms. The fourth-order valence-corrected chi connectivity index (χ4v) is 3.93. The number of benzene rings is 3. The van der Waals surface area contributed by atoms with Crippen molar-refractivity contribution in [3.63, 3.8) is 0 Å². The second-order valence-corrected chi connectivity index (χ2v) is 11.3. The average molecular weight is 348 g/mol. The summed E-state index contributed by atoms with van der Waals surface area (Å²) in [7, 11) is -2.41. The molecular weight excluding hydrogens is 329 g/mol. The van der Waals surface area contributed by atoms with Gasteiger partial charge in [-0.3, -0.25) is 0 Å². The van der Waals surface area contributed by atoms with Crippen molar-refractivity contribution in [2.45, 2.75) is 31.9 Å². The fourth-order valence-electron chi connectivity index (χ4n) is 2.97. The molecule has 24 heavy (non-hydrogen) atoms. The van der Waals surface area contributed by atoms with Gasteiger partial charge in [-0.15, -0.1) is 0 Å². The lowest BCUT2D eigenvalue weighted by atomic mass is 9.93. The van der Waals surface area contributed by atoms with E-state index < -0.39 is 20.6 Å². The Kier molecular flexibility index (Phi) is 4.17. The number of rotatable bonds is 3. The Bertz CT molecular complexity index is 827. The van der Waals surface area contributed by atoms with Crippen molar-refractivity contribution >= 4 is 29.9 Å². The molecule has 0 N–H and O–H groups in total. The van der Waals surface area contributed by atoms with Crippen molar-refractivity contribution in [2.24, 2.45) is 0 Å². The molecule has 3 aromatic carbocycles. The van der Waals surface area contributed by atoms with Crippen molar-refractivity contribution in [1.82, 2.24) is 0 Å². The van der Waals surface area contributed by atoms with Gasteiger partial charge in [-0.25, -0.2) is 0 Å². The molecule has 0 amide bonds. The van der Waals surface area contributed by atoms with E-state index in [4.69, 9.17) is 4.43 Å². The standard InChI is InChI=1S/C19H19F3OSi/c1-24(2,3)23-18(19(20,21)22)17-15-10-6-4-8-13(15)12-14-9-5-7-11-16(14)17/h4-12,18H,1-3H3. The first kappa shape index (κ1) is 17.0. The quantitative estimate of drug-likeness (QED) is 0.390. The maximum Gasteiger partial charge on any atom is 0.417 e. The van der Waals surface area contributed by atoms with Crippen LogP contribution in [0.4, 0.5) is 13.2 Å². The minimum atomic E-state index is -4.47. The van der Waals surface area contributed by atoms with E-state index in [1.165, 1.54) is 0 Å². The Balaban J connectivity index is 2.38. The van der Waals surface area contributed by atoms with Gasteiger partial charge in [0.05, 0.1) is 0 Å². The third-order valence-electron chi connectivity index (χ3n) is 3.84. The SMILES string of the molecule is C[Si](C)(C)OC(c1c2ccccc2cc2ccccc12)C(F)(F)F. The van der Waals surface area contributed by atoms with Crippen molar-refractivity contribution in [2.75, 3.05) is 0 Å². The normalized spacial score (nSPS) is 14.2. The third kappa shape index (κ3) is 3.32. The van der Waals surface area contributed by atoms with Crippen LogP contribution in [0.25, 0.3) is 21.5 Å². The molecule has 126 valence electrons. The number of halogens is 3. The molecule has 1 unspecified atom stereocenters. The van der Waals surface area contributed by atoms with Gasteiger partial charge < -0.3 is 4.43 Å². The second kappa shape index (κ2) is 5.90. The summed E-state index contributed by atoms with van der Waals surface area (Å²) in [5.74, 6) is 0. The first-order valence-electron chi connectivity index (χ1n) is 7.82. The second-order valence-electron chi connectivity index (χ2n) is 6.88. The van der Waals surface area contributed by atoms with Gasteiger partial charge in [-0.05, 0) is 47.3 Å². The minimum Gasteiger partial charge on any atom is -0.403 e. The molecule has 0 aliphatic carbocycles. The summed E-state index contributed by atoms with van der Waals surface area (Å²) in [5, 5.41) is 2.77. The monoisotopic (exact) mass is 348 g/mol. The highest BCUT2D eigenvalue weighted by atomic mass is 28.4. The van der Waals surface area contributed by atoms with Gasteiger partial charge >= 0.3 is 6.18 Å². The Labute approximate surface area is 140 Å². The lowest BCUT2D eigenvalue weighted by Crippen LogP contribution is -2.35. The molecule has 1 atom stereocenters. The Morgan fingerprint density at radius 1 is 0.833 bits per heavy atom. The van der Waals surface area contributed by atoms with Crippen molar-refractivity contribution in [3.8, 4) is 0 Å². The van der Waals surface area contributed by atoms with Crippen LogP contribution >= 0.6 is 0 Å². The highest BCUT2D eigenvalue weighted by Gasteiger charge is 2.45. The van der Waals surface area contributed by atoms with Crippen LogP contribution in [0.15, 0.2) is 54.6 Å². The van der Waals surface area contributed by atoms with Crippen LogP contribution in [-0.2, 0) is 4.43 Å². The highest BCUT2D eigenvalue weighted by molar-refractivity contribution is 6.69. The molecule has 0 heterocycles. The van der Waals surface area contributed by atoms with Crippen LogP contribution in [0, 0.1) is 0 Å². The van der Waals surface area contributed by atoms with E-state index in [1.54, 1.807) is 43.9 Å². The van der Waals surface area contributed by atoms with E-state index >= 15 is 0 Å². The first-order chi connectivity index (χ1) is 11.2. The Hall–Kier alpha value is -1.85. The molecule has 0 fully saturated rings. The number of fused-ring (bicyclic) bond motifs is 2. The van der Waals surface area contributed by atoms with Gasteiger partial charge in [0.25, 0.3) is 0 Å². The van der Waals surface area contributed by atoms with Gasteiger partial charge in [-0.1, -0.05) is 48.5 Å². The lowest BCUT2D eigenvalue weighted by molar-refractivity contribution is -0.199. The van der Waals surface area contributed by atoms with Gasteiger partial charge in [0, 0.05) is 5.56 Å². The Morgan fingerprint density at radius 2 is 1.29 bits per heavy atom. The van der Waals surface area contributed by atoms with E-state index in [9.17, 15) is 13.2 Å². The summed E-state index contributed by atoms with van der Waals surface area (Å²) >= 11 is 0. The van der Waals surface area contributed by atoms with E-state index in [0.29, 0.717) is 10.8 Å². The predicted octanol–water partition coefficient (Wildman–Crippen LogP) is 6.45. The molecule has 1 nitrogen and oxygen atoms in total. The largest absolute Gasteiger partial charge is 0.417 e. The first-order valence-corrected chi connectivity index (χ1v) is 11.2. The molecular formula is C19H19F3OSi. The van der Waals surface area contributed by atoms with Crippen LogP contribution in [0.1, 0.15) is 11.7 Å². The van der Waals surface area contributed by atoms with Gasteiger partial charge in [0.1, 0.15) is 0 Å². The number of alkyl halides is 3. The third-order valence-corrected chi connectivity index (χ3v) is 4.79. The molecule has 0 aromatic heterocycles. The lowest BCUT2D eigenvalue weighted by Gasteiger charge is -2.30.